The fraction of sp³-hybridized carbons (Fsp3) is 0.632. The molecule has 21 heavy (non-hydrogen) atoms. The van der Waals surface area contributed by atoms with Gasteiger partial charge < -0.3 is 0 Å². The first-order valence-electron chi connectivity index (χ1n) is 7.76. The molecule has 0 bridgehead atoms. The van der Waals surface area contributed by atoms with Gasteiger partial charge in [-0.25, -0.2) is 4.98 Å². The fourth-order valence-electron chi connectivity index (χ4n) is 2.54. The van der Waals surface area contributed by atoms with Gasteiger partial charge in [-0.15, -0.1) is 11.3 Å². The van der Waals surface area contributed by atoms with Crippen LogP contribution in [0.1, 0.15) is 78.4 Å². The normalized spacial score (nSPS) is 14.0. The molecule has 1 heterocycles. The quantitative estimate of drug-likeness (QED) is 0.565. The standard InChI is InChI=1S/C19H29NS/c1-17(2,3)12-10-14-15(11-13(12)18(4,5)6)21-16(20-14)19(7,8)9/h10-11H,1-9H3. The van der Waals surface area contributed by atoms with E-state index < -0.39 is 0 Å². The molecule has 2 rings (SSSR count). The van der Waals surface area contributed by atoms with Crippen molar-refractivity contribution in [3.05, 3.63) is 28.3 Å². The number of thiazole rings is 1. The largest absolute Gasteiger partial charge is 0.241 e. The SMILES string of the molecule is CC(C)(C)c1nc2cc(C(C)(C)C)c(C(C)(C)C)cc2s1. The Morgan fingerprint density at radius 2 is 1.19 bits per heavy atom. The molecule has 0 radical (unpaired) electrons. The van der Waals surface area contributed by atoms with E-state index in [0.717, 1.165) is 5.52 Å². The van der Waals surface area contributed by atoms with E-state index in [1.165, 1.54) is 20.8 Å². The smallest absolute Gasteiger partial charge is 0.0992 e. The van der Waals surface area contributed by atoms with Crippen molar-refractivity contribution >= 4 is 21.6 Å². The van der Waals surface area contributed by atoms with Gasteiger partial charge in [-0.05, 0) is 34.1 Å². The van der Waals surface area contributed by atoms with Gasteiger partial charge in [0.2, 0.25) is 0 Å². The van der Waals surface area contributed by atoms with Crippen molar-refractivity contribution in [1.29, 1.82) is 0 Å². The molecule has 0 unspecified atom stereocenters. The highest BCUT2D eigenvalue weighted by Crippen LogP contribution is 2.39. The lowest BCUT2D eigenvalue weighted by atomic mass is 9.75. The zero-order chi connectivity index (χ0) is 16.2. The maximum atomic E-state index is 4.90. The van der Waals surface area contributed by atoms with Crippen LogP contribution in [0, 0.1) is 0 Å². The Balaban J connectivity index is 2.77. The van der Waals surface area contributed by atoms with Gasteiger partial charge in [0.05, 0.1) is 15.2 Å². The summed E-state index contributed by atoms with van der Waals surface area (Å²) in [5, 5.41) is 1.23. The minimum atomic E-state index is 0.119. The molecule has 0 saturated carbocycles. The van der Waals surface area contributed by atoms with Gasteiger partial charge in [0, 0.05) is 5.41 Å². The van der Waals surface area contributed by atoms with Crippen molar-refractivity contribution in [3.8, 4) is 0 Å². The molecule has 1 nitrogen and oxygen atoms in total. The monoisotopic (exact) mass is 303 g/mol. The topological polar surface area (TPSA) is 12.9 Å². The molecule has 0 saturated heterocycles. The second kappa shape index (κ2) is 4.81. The first kappa shape index (κ1) is 16.5. The summed E-state index contributed by atoms with van der Waals surface area (Å²) >= 11 is 1.84. The highest BCUT2D eigenvalue weighted by molar-refractivity contribution is 7.18. The molecule has 0 aliphatic rings. The van der Waals surface area contributed by atoms with Crippen LogP contribution in [-0.2, 0) is 16.2 Å². The second-order valence-corrected chi connectivity index (χ2v) is 10.2. The summed E-state index contributed by atoms with van der Waals surface area (Å²) in [7, 11) is 0. The third kappa shape index (κ3) is 3.31. The van der Waals surface area contributed by atoms with E-state index >= 15 is 0 Å². The average molecular weight is 304 g/mol. The molecule has 0 fully saturated rings. The molecule has 2 heteroatoms. The lowest BCUT2D eigenvalue weighted by molar-refractivity contribution is 0.531. The van der Waals surface area contributed by atoms with Gasteiger partial charge in [-0.2, -0.15) is 0 Å². The molecule has 116 valence electrons. The summed E-state index contributed by atoms with van der Waals surface area (Å²) in [6.45, 7) is 20.5. The van der Waals surface area contributed by atoms with E-state index in [9.17, 15) is 0 Å². The van der Waals surface area contributed by atoms with Crippen molar-refractivity contribution in [1.82, 2.24) is 4.98 Å². The van der Waals surface area contributed by atoms with Gasteiger partial charge in [0.25, 0.3) is 0 Å². The maximum Gasteiger partial charge on any atom is 0.0992 e. The first-order valence-corrected chi connectivity index (χ1v) is 8.58. The average Bonchev–Trinajstić information content (AvgIpc) is 2.66. The Kier molecular flexibility index (Phi) is 3.77. The molecule has 1 aromatic carbocycles. The number of fused-ring (bicyclic) bond motifs is 1. The number of benzene rings is 1. The van der Waals surface area contributed by atoms with Crippen LogP contribution in [0.5, 0.6) is 0 Å². The van der Waals surface area contributed by atoms with Gasteiger partial charge in [-0.1, -0.05) is 62.3 Å². The van der Waals surface area contributed by atoms with Crippen molar-refractivity contribution < 1.29 is 0 Å². The van der Waals surface area contributed by atoms with E-state index in [4.69, 9.17) is 4.98 Å². The molecule has 0 amide bonds. The Morgan fingerprint density at radius 1 is 0.714 bits per heavy atom. The fourth-order valence-corrected chi connectivity index (χ4v) is 3.58. The summed E-state index contributed by atoms with van der Waals surface area (Å²) in [6.07, 6.45) is 0. The maximum absolute atomic E-state index is 4.90. The summed E-state index contributed by atoms with van der Waals surface area (Å²) in [6, 6.07) is 4.70. The minimum absolute atomic E-state index is 0.119. The Hall–Kier alpha value is -0.890. The van der Waals surface area contributed by atoms with Crippen LogP contribution in [0.2, 0.25) is 0 Å². The number of nitrogens with zero attached hydrogens (tertiary/aromatic N) is 1. The molecule has 0 spiro atoms. The lowest BCUT2D eigenvalue weighted by Gasteiger charge is -2.30. The van der Waals surface area contributed by atoms with E-state index in [1.807, 2.05) is 11.3 Å². The third-order valence-electron chi connectivity index (χ3n) is 3.79. The molecule has 1 aromatic heterocycles. The van der Waals surface area contributed by atoms with Crippen LogP contribution in [0.15, 0.2) is 12.1 Å². The number of rotatable bonds is 0. The van der Waals surface area contributed by atoms with E-state index in [-0.39, 0.29) is 16.2 Å². The summed E-state index contributed by atoms with van der Waals surface area (Å²) in [4.78, 5) is 4.90. The molecular weight excluding hydrogens is 274 g/mol. The molecule has 0 N–H and O–H groups in total. The third-order valence-corrected chi connectivity index (χ3v) is 5.23. The van der Waals surface area contributed by atoms with Crippen LogP contribution in [0.25, 0.3) is 10.2 Å². The predicted molar refractivity (Wildman–Crippen MR) is 95.7 cm³/mol. The van der Waals surface area contributed by atoms with Crippen LogP contribution >= 0.6 is 11.3 Å². The highest BCUT2D eigenvalue weighted by atomic mass is 32.1. The summed E-state index contributed by atoms with van der Waals surface area (Å²) < 4.78 is 1.32. The van der Waals surface area contributed by atoms with Crippen molar-refractivity contribution in [3.63, 3.8) is 0 Å². The van der Waals surface area contributed by atoms with Crippen molar-refractivity contribution in [2.75, 3.05) is 0 Å². The van der Waals surface area contributed by atoms with Crippen molar-refractivity contribution in [2.45, 2.75) is 78.6 Å². The Morgan fingerprint density at radius 3 is 1.62 bits per heavy atom. The Labute approximate surface area is 133 Å². The molecule has 2 aromatic rings. The van der Waals surface area contributed by atoms with E-state index in [1.54, 1.807) is 0 Å². The van der Waals surface area contributed by atoms with Crippen molar-refractivity contribution in [2.24, 2.45) is 0 Å². The molecule has 0 aliphatic carbocycles. The number of aromatic nitrogens is 1. The minimum Gasteiger partial charge on any atom is -0.241 e. The summed E-state index contributed by atoms with van der Waals surface area (Å²) in [5.41, 5.74) is 4.45. The van der Waals surface area contributed by atoms with Gasteiger partial charge in [0.15, 0.2) is 0 Å². The number of hydrogen-bond donors (Lipinski definition) is 0. The highest BCUT2D eigenvalue weighted by Gasteiger charge is 2.27. The van der Waals surface area contributed by atoms with Gasteiger partial charge >= 0.3 is 0 Å². The lowest BCUT2D eigenvalue weighted by Crippen LogP contribution is -2.21. The van der Waals surface area contributed by atoms with Gasteiger partial charge in [0.1, 0.15) is 0 Å². The zero-order valence-corrected chi connectivity index (χ0v) is 15.8. The zero-order valence-electron chi connectivity index (χ0n) is 15.0. The first-order chi connectivity index (χ1) is 9.30. The van der Waals surface area contributed by atoms with E-state index in [0.29, 0.717) is 0 Å². The Bertz CT molecular complexity index is 607. The van der Waals surface area contributed by atoms with Gasteiger partial charge in [-0.3, -0.25) is 0 Å². The van der Waals surface area contributed by atoms with Crippen LogP contribution in [0.4, 0.5) is 0 Å². The second-order valence-electron chi connectivity index (χ2n) is 9.13. The van der Waals surface area contributed by atoms with Crippen LogP contribution in [-0.4, -0.2) is 4.98 Å². The molecule has 0 aliphatic heterocycles. The molecule has 0 atom stereocenters. The summed E-state index contributed by atoms with van der Waals surface area (Å²) in [5.74, 6) is 0. The number of hydrogen-bond acceptors (Lipinski definition) is 2. The predicted octanol–water partition coefficient (Wildman–Crippen LogP) is 6.19. The van der Waals surface area contributed by atoms with E-state index in [2.05, 4.69) is 74.4 Å². The molecular formula is C19H29NS. The van der Waals surface area contributed by atoms with Crippen LogP contribution in [0.3, 0.4) is 0 Å². The van der Waals surface area contributed by atoms with Crippen LogP contribution < -0.4 is 0 Å².